The number of aliphatic imine (C=N–C) groups is 1. The molecule has 0 radical (unpaired) electrons. The zero-order valence-electron chi connectivity index (χ0n) is 14.7. The molecular weight excluding hydrogens is 357 g/mol. The van der Waals surface area contributed by atoms with Crippen molar-refractivity contribution in [3.63, 3.8) is 0 Å². The third-order valence-electron chi connectivity index (χ3n) is 3.45. The van der Waals surface area contributed by atoms with E-state index in [1.807, 2.05) is 56.3 Å². The van der Waals surface area contributed by atoms with Crippen LogP contribution < -0.4 is 15.5 Å². The van der Waals surface area contributed by atoms with Crippen molar-refractivity contribution in [2.24, 2.45) is 4.99 Å². The summed E-state index contributed by atoms with van der Waals surface area (Å²) in [4.78, 5) is 11.1. The van der Waals surface area contributed by atoms with E-state index in [1.165, 1.54) is 0 Å². The van der Waals surface area contributed by atoms with E-state index >= 15 is 0 Å². The molecule has 2 N–H and O–H groups in total. The number of hydrogen-bond donors (Lipinski definition) is 2. The Hall–Kier alpha value is -1.98. The first-order valence-electron chi connectivity index (χ1n) is 8.09. The number of aromatic nitrogens is 1. The van der Waals surface area contributed by atoms with E-state index in [9.17, 15) is 0 Å². The van der Waals surface area contributed by atoms with Gasteiger partial charge in [0.15, 0.2) is 5.96 Å². The molecule has 134 valence electrons. The molecule has 0 unspecified atom stereocenters. The molecule has 0 spiro atoms. The molecule has 0 fully saturated rings. The van der Waals surface area contributed by atoms with Gasteiger partial charge in [-0.05, 0) is 36.8 Å². The Bertz CT molecular complexity index is 731. The highest BCUT2D eigenvalue weighted by Crippen LogP contribution is 2.21. The number of hydrogen-bond acceptors (Lipinski definition) is 3. The van der Waals surface area contributed by atoms with Gasteiger partial charge in [0.25, 0.3) is 0 Å². The quantitative estimate of drug-likeness (QED) is 0.593. The Morgan fingerprint density at radius 1 is 1.16 bits per heavy atom. The smallest absolute Gasteiger partial charge is 0.191 e. The minimum Gasteiger partial charge on any atom is -0.363 e. The molecule has 0 aliphatic heterocycles. The van der Waals surface area contributed by atoms with Crippen molar-refractivity contribution in [1.29, 1.82) is 0 Å². The van der Waals surface area contributed by atoms with Crippen LogP contribution in [0.1, 0.15) is 18.2 Å². The van der Waals surface area contributed by atoms with Crippen molar-refractivity contribution >= 4 is 35.0 Å². The second-order valence-corrected chi connectivity index (χ2v) is 6.51. The summed E-state index contributed by atoms with van der Waals surface area (Å²) in [6.07, 6.45) is 0. The largest absolute Gasteiger partial charge is 0.363 e. The number of rotatable bonds is 6. The maximum Gasteiger partial charge on any atom is 0.191 e. The molecule has 0 aliphatic rings. The average molecular weight is 380 g/mol. The zero-order valence-corrected chi connectivity index (χ0v) is 16.2. The Kier molecular flexibility index (Phi) is 7.34. The lowest BCUT2D eigenvalue weighted by molar-refractivity contribution is 0.798. The van der Waals surface area contributed by atoms with Crippen molar-refractivity contribution in [2.45, 2.75) is 20.0 Å². The van der Waals surface area contributed by atoms with E-state index in [-0.39, 0.29) is 0 Å². The van der Waals surface area contributed by atoms with Gasteiger partial charge in [0, 0.05) is 30.7 Å². The van der Waals surface area contributed by atoms with E-state index in [2.05, 4.69) is 20.6 Å². The van der Waals surface area contributed by atoms with Gasteiger partial charge in [-0.1, -0.05) is 35.3 Å². The number of pyridine rings is 1. The van der Waals surface area contributed by atoms with Crippen molar-refractivity contribution in [3.05, 3.63) is 57.7 Å². The predicted molar refractivity (Wildman–Crippen MR) is 107 cm³/mol. The van der Waals surface area contributed by atoms with Crippen molar-refractivity contribution in [1.82, 2.24) is 15.6 Å². The van der Waals surface area contributed by atoms with Crippen LogP contribution in [0.5, 0.6) is 0 Å². The Balaban J connectivity index is 2.03. The number of guanidine groups is 1. The van der Waals surface area contributed by atoms with Crippen molar-refractivity contribution < 1.29 is 0 Å². The summed E-state index contributed by atoms with van der Waals surface area (Å²) in [5.74, 6) is 1.64. The molecule has 25 heavy (non-hydrogen) atoms. The minimum absolute atomic E-state index is 0.469. The van der Waals surface area contributed by atoms with Crippen LogP contribution in [0.3, 0.4) is 0 Å². The number of nitrogens with one attached hydrogen (secondary N) is 2. The maximum atomic E-state index is 6.20. The first kappa shape index (κ1) is 19.3. The van der Waals surface area contributed by atoms with Crippen LogP contribution in [0.4, 0.5) is 5.82 Å². The van der Waals surface area contributed by atoms with Gasteiger partial charge in [-0.3, -0.25) is 0 Å². The molecule has 2 rings (SSSR count). The fraction of sp³-hybridized carbons (Fsp3) is 0.333. The lowest BCUT2D eigenvalue weighted by atomic mass is 10.2. The summed E-state index contributed by atoms with van der Waals surface area (Å²) in [6.45, 7) is 3.85. The van der Waals surface area contributed by atoms with Gasteiger partial charge >= 0.3 is 0 Å². The maximum absolute atomic E-state index is 6.20. The van der Waals surface area contributed by atoms with Crippen LogP contribution in [-0.2, 0) is 13.1 Å². The molecule has 0 saturated heterocycles. The van der Waals surface area contributed by atoms with Crippen LogP contribution in [0.15, 0.2) is 41.4 Å². The van der Waals surface area contributed by atoms with E-state index in [4.69, 9.17) is 23.2 Å². The highest BCUT2D eigenvalue weighted by atomic mass is 35.5. The molecule has 0 amide bonds. The standard InChI is InChI=1S/C18H23Cl2N5/c1-4-21-18(22-11-13-8-9-14(19)10-16(13)20)23-12-15-6-5-7-17(24-15)25(2)3/h5-10H,4,11-12H2,1-3H3,(H2,21,22,23). The normalized spacial score (nSPS) is 11.3. The molecule has 5 nitrogen and oxygen atoms in total. The Morgan fingerprint density at radius 3 is 2.64 bits per heavy atom. The molecule has 0 aliphatic carbocycles. The summed E-state index contributed by atoms with van der Waals surface area (Å²) in [6, 6.07) is 11.4. The van der Waals surface area contributed by atoms with Crippen LogP contribution in [0.25, 0.3) is 0 Å². The third kappa shape index (κ3) is 6.11. The van der Waals surface area contributed by atoms with Crippen LogP contribution in [0.2, 0.25) is 10.0 Å². The van der Waals surface area contributed by atoms with Gasteiger partial charge < -0.3 is 15.5 Å². The fourth-order valence-electron chi connectivity index (χ4n) is 2.14. The highest BCUT2D eigenvalue weighted by molar-refractivity contribution is 6.35. The molecule has 0 saturated carbocycles. The van der Waals surface area contributed by atoms with E-state index in [0.29, 0.717) is 29.1 Å². The van der Waals surface area contributed by atoms with Crippen LogP contribution >= 0.6 is 23.2 Å². The van der Waals surface area contributed by atoms with Gasteiger partial charge in [0.05, 0.1) is 18.8 Å². The zero-order chi connectivity index (χ0) is 18.2. The Labute approximate surface area is 159 Å². The first-order valence-corrected chi connectivity index (χ1v) is 8.84. The Morgan fingerprint density at radius 2 is 1.96 bits per heavy atom. The average Bonchev–Trinajstić information content (AvgIpc) is 2.59. The number of anilines is 1. The van der Waals surface area contributed by atoms with Crippen LogP contribution in [-0.4, -0.2) is 31.6 Å². The summed E-state index contributed by atoms with van der Waals surface area (Å²) in [5, 5.41) is 7.75. The van der Waals surface area contributed by atoms with E-state index in [1.54, 1.807) is 6.07 Å². The van der Waals surface area contributed by atoms with E-state index < -0.39 is 0 Å². The molecule has 7 heteroatoms. The SMILES string of the molecule is CCNC(=NCc1ccc(Cl)cc1Cl)NCc1cccc(N(C)C)n1. The van der Waals surface area contributed by atoms with Crippen molar-refractivity contribution in [2.75, 3.05) is 25.5 Å². The second kappa shape index (κ2) is 9.49. The van der Waals surface area contributed by atoms with Crippen LogP contribution in [0, 0.1) is 0 Å². The van der Waals surface area contributed by atoms with Gasteiger partial charge in [0.2, 0.25) is 0 Å². The first-order chi connectivity index (χ1) is 12.0. The molecule has 1 aromatic carbocycles. The van der Waals surface area contributed by atoms with Gasteiger partial charge in [-0.25, -0.2) is 9.98 Å². The summed E-state index contributed by atoms with van der Waals surface area (Å²) >= 11 is 12.1. The fourth-order valence-corrected chi connectivity index (χ4v) is 2.61. The third-order valence-corrected chi connectivity index (χ3v) is 4.04. The lowest BCUT2D eigenvalue weighted by Crippen LogP contribution is -2.37. The van der Waals surface area contributed by atoms with Gasteiger partial charge in [-0.2, -0.15) is 0 Å². The van der Waals surface area contributed by atoms with Crippen molar-refractivity contribution in [3.8, 4) is 0 Å². The van der Waals surface area contributed by atoms with E-state index in [0.717, 1.165) is 23.6 Å². The summed E-state index contributed by atoms with van der Waals surface area (Å²) in [7, 11) is 3.95. The minimum atomic E-state index is 0.469. The molecule has 1 heterocycles. The lowest BCUT2D eigenvalue weighted by Gasteiger charge is -2.14. The highest BCUT2D eigenvalue weighted by Gasteiger charge is 2.04. The molecule has 0 bridgehead atoms. The summed E-state index contributed by atoms with van der Waals surface area (Å²) in [5.41, 5.74) is 1.87. The predicted octanol–water partition coefficient (Wildman–Crippen LogP) is 3.71. The number of nitrogens with zero attached hydrogens (tertiary/aromatic N) is 3. The number of benzene rings is 1. The molecule has 1 aromatic heterocycles. The monoisotopic (exact) mass is 379 g/mol. The molecular formula is C18H23Cl2N5. The van der Waals surface area contributed by atoms with Gasteiger partial charge in [0.1, 0.15) is 5.82 Å². The summed E-state index contributed by atoms with van der Waals surface area (Å²) < 4.78 is 0. The molecule has 0 atom stereocenters. The number of halogens is 2. The van der Waals surface area contributed by atoms with Gasteiger partial charge in [-0.15, -0.1) is 0 Å². The topological polar surface area (TPSA) is 52.6 Å². The molecule has 2 aromatic rings. The second-order valence-electron chi connectivity index (χ2n) is 5.67.